The fourth-order valence-electron chi connectivity index (χ4n) is 6.29. The van der Waals surface area contributed by atoms with Crippen LogP contribution in [0, 0.1) is 0 Å². The Kier molecular flexibility index (Phi) is 30.5. The summed E-state index contributed by atoms with van der Waals surface area (Å²) in [7, 11) is 7.79. The Balaban J connectivity index is 0.000000517. The molecule has 16 heteroatoms. The van der Waals surface area contributed by atoms with Crippen LogP contribution in [0.5, 0.6) is 0 Å². The van der Waals surface area contributed by atoms with E-state index < -0.39 is 23.9 Å². The molecule has 2 atom stereocenters. The number of aliphatic carboxylic acids is 2. The van der Waals surface area contributed by atoms with E-state index in [1.807, 2.05) is 73.5 Å². The van der Waals surface area contributed by atoms with E-state index in [1.54, 1.807) is 54.6 Å². The number of para-hydroxylation sites is 2. The van der Waals surface area contributed by atoms with Crippen molar-refractivity contribution in [1.29, 1.82) is 0 Å². The Bertz CT molecular complexity index is 2010. The minimum absolute atomic E-state index is 0. The monoisotopic (exact) mass is 1030 g/mol. The van der Waals surface area contributed by atoms with Gasteiger partial charge in [0, 0.05) is 57.0 Å². The number of ether oxygens (including phenoxy) is 1. The second kappa shape index (κ2) is 32.9. The maximum Gasteiger partial charge on any atom is 0.317 e. The van der Waals surface area contributed by atoms with Crippen LogP contribution < -0.4 is 5.32 Å². The van der Waals surface area contributed by atoms with Crippen molar-refractivity contribution < 1.29 is 34.1 Å². The standard InChI is InChI=1S/C23H24Cl2O3S2.C14H11Cl2NO2.C8H14O2S2.3CH4/c24-20-9-5-10-21(25)19(20)14-16-6-1-2-7-17(16)15-23(27)28-22(26)11-4-3-8-18-12-13-29-30-18;15-10-5-3-6-11(16)14(10)17-12-7-2-1-4-9(12)8-13(18)19;9-8(10)4-2-1-3-7-5-6-11-12-7;;;/h1-2,5-7,9-10,18H,3-4,8,11-15H2;1-7,17H,8H2,(H,18,19);7H,1-6H2,(H,9,10);3*1H4. The van der Waals surface area contributed by atoms with Gasteiger partial charge in [-0.1, -0.05) is 179 Å². The molecule has 2 fully saturated rings. The van der Waals surface area contributed by atoms with Crippen LogP contribution in [0.15, 0.2) is 84.9 Å². The average molecular weight is 1030 g/mol. The number of benzene rings is 4. The van der Waals surface area contributed by atoms with E-state index in [0.717, 1.165) is 54.0 Å². The molecule has 64 heavy (non-hydrogen) atoms. The molecule has 0 bridgehead atoms. The molecule has 0 aliphatic carbocycles. The fourth-order valence-corrected chi connectivity index (χ4v) is 13.4. The maximum absolute atomic E-state index is 12.3. The largest absolute Gasteiger partial charge is 0.481 e. The number of unbranched alkanes of at least 4 members (excludes halogenated alkanes) is 2. The molecule has 0 radical (unpaired) electrons. The summed E-state index contributed by atoms with van der Waals surface area (Å²) in [4.78, 5) is 45.3. The third-order valence-corrected chi connectivity index (χ3v) is 16.8. The summed E-state index contributed by atoms with van der Waals surface area (Å²) < 4.78 is 5.04. The summed E-state index contributed by atoms with van der Waals surface area (Å²) in [5.74, 6) is -0.0342. The number of hydrogen-bond acceptors (Lipinski definition) is 10. The average Bonchev–Trinajstić information content (AvgIpc) is 3.95. The zero-order valence-electron chi connectivity index (χ0n) is 33.4. The molecular weight excluding hydrogens is 973 g/mol. The molecule has 4 aromatic carbocycles. The van der Waals surface area contributed by atoms with Crippen LogP contribution in [0.1, 0.15) is 109 Å². The predicted molar refractivity (Wildman–Crippen MR) is 280 cm³/mol. The number of carboxylic acid groups (broad SMARTS) is 2. The number of nitrogens with one attached hydrogen (secondary N) is 1. The van der Waals surface area contributed by atoms with E-state index in [9.17, 15) is 19.2 Å². The van der Waals surface area contributed by atoms with Gasteiger partial charge in [0.15, 0.2) is 0 Å². The lowest BCUT2D eigenvalue weighted by atomic mass is 9.98. The topological polar surface area (TPSA) is 130 Å². The highest BCUT2D eigenvalue weighted by molar-refractivity contribution is 8.77. The van der Waals surface area contributed by atoms with Crippen molar-refractivity contribution in [2.45, 2.75) is 116 Å². The highest BCUT2D eigenvalue weighted by Crippen LogP contribution is 2.41. The van der Waals surface area contributed by atoms with Gasteiger partial charge in [-0.3, -0.25) is 19.2 Å². The SMILES string of the molecule is C.C.C.O=C(CCCCC1CCSS1)OC(=O)Cc1ccccc1Cc1c(Cl)cccc1Cl.O=C(O)CCCCC1CCSS1.O=C(O)Cc1ccccc1Nc1c(Cl)cccc1Cl. The Hall–Kier alpha value is -2.68. The third-order valence-electron chi connectivity index (χ3n) is 9.47. The van der Waals surface area contributed by atoms with Crippen molar-refractivity contribution in [1.82, 2.24) is 0 Å². The first-order chi connectivity index (χ1) is 29.4. The zero-order chi connectivity index (χ0) is 44.0. The third kappa shape index (κ3) is 22.2. The summed E-state index contributed by atoms with van der Waals surface area (Å²) >= 11 is 24.7. The number of carbonyl (C=O) groups excluding carboxylic acids is 2. The quantitative estimate of drug-likeness (QED) is 0.0380. The second-order valence-electron chi connectivity index (χ2n) is 14.2. The Labute approximate surface area is 416 Å². The lowest BCUT2D eigenvalue weighted by molar-refractivity contribution is -0.159. The zero-order valence-corrected chi connectivity index (χ0v) is 39.7. The molecule has 6 rings (SSSR count). The van der Waals surface area contributed by atoms with E-state index in [2.05, 4.69) is 5.32 Å². The number of hydrogen-bond donors (Lipinski definition) is 3. The predicted octanol–water partition coefficient (Wildman–Crippen LogP) is 16.0. The van der Waals surface area contributed by atoms with Gasteiger partial charge in [0.2, 0.25) is 0 Å². The first-order valence-corrected chi connectivity index (χ1v) is 26.2. The molecule has 0 saturated carbocycles. The van der Waals surface area contributed by atoms with Gasteiger partial charge in [0.1, 0.15) is 0 Å². The van der Waals surface area contributed by atoms with Gasteiger partial charge in [-0.05, 0) is 91.1 Å². The molecule has 2 aliphatic rings. The van der Waals surface area contributed by atoms with E-state index in [-0.39, 0.29) is 41.5 Å². The van der Waals surface area contributed by atoms with Crippen LogP contribution in [0.25, 0.3) is 0 Å². The number of halogens is 4. The number of anilines is 2. The van der Waals surface area contributed by atoms with Crippen molar-refractivity contribution in [3.8, 4) is 0 Å². The van der Waals surface area contributed by atoms with Crippen LogP contribution in [0.4, 0.5) is 11.4 Å². The van der Waals surface area contributed by atoms with E-state index in [4.69, 9.17) is 61.4 Å². The molecular formula is C48H61Cl4NO7S4. The highest BCUT2D eigenvalue weighted by Gasteiger charge is 2.19. The number of carbonyl (C=O) groups is 4. The van der Waals surface area contributed by atoms with Gasteiger partial charge in [-0.15, -0.1) is 0 Å². The first-order valence-electron chi connectivity index (χ1n) is 19.9. The summed E-state index contributed by atoms with van der Waals surface area (Å²) in [6.07, 6.45) is 9.65. The Morgan fingerprint density at radius 1 is 0.578 bits per heavy atom. The van der Waals surface area contributed by atoms with E-state index >= 15 is 0 Å². The normalized spacial score (nSPS) is 14.8. The minimum Gasteiger partial charge on any atom is -0.481 e. The fraction of sp³-hybridized carbons (Fsp3) is 0.417. The Morgan fingerprint density at radius 3 is 1.59 bits per heavy atom. The molecule has 2 heterocycles. The summed E-state index contributed by atoms with van der Waals surface area (Å²) in [5.41, 5.74) is 4.48. The molecule has 0 amide bonds. The van der Waals surface area contributed by atoms with Gasteiger partial charge in [0.25, 0.3) is 0 Å². The molecule has 2 saturated heterocycles. The number of esters is 2. The molecule has 2 aliphatic heterocycles. The molecule has 352 valence electrons. The lowest BCUT2D eigenvalue weighted by Crippen LogP contribution is -2.15. The van der Waals surface area contributed by atoms with Gasteiger partial charge >= 0.3 is 23.9 Å². The summed E-state index contributed by atoms with van der Waals surface area (Å²) in [6, 6.07) is 25.3. The number of rotatable bonds is 18. The highest BCUT2D eigenvalue weighted by atomic mass is 35.5. The van der Waals surface area contributed by atoms with Gasteiger partial charge in [0.05, 0.1) is 28.6 Å². The first kappa shape index (κ1) is 59.3. The van der Waals surface area contributed by atoms with Crippen molar-refractivity contribution in [3.05, 3.63) is 127 Å². The van der Waals surface area contributed by atoms with Crippen LogP contribution >= 0.6 is 89.6 Å². The minimum atomic E-state index is -0.889. The van der Waals surface area contributed by atoms with Crippen LogP contribution in [-0.2, 0) is 43.2 Å². The molecule has 8 nitrogen and oxygen atoms in total. The molecule has 2 unspecified atom stereocenters. The Morgan fingerprint density at radius 2 is 1.08 bits per heavy atom. The maximum atomic E-state index is 12.3. The molecule has 0 aromatic heterocycles. The van der Waals surface area contributed by atoms with Crippen molar-refractivity contribution in [2.24, 2.45) is 0 Å². The van der Waals surface area contributed by atoms with Gasteiger partial charge in [-0.25, -0.2) is 0 Å². The second-order valence-corrected chi connectivity index (χ2v) is 21.4. The van der Waals surface area contributed by atoms with E-state index in [0.29, 0.717) is 55.1 Å². The van der Waals surface area contributed by atoms with Gasteiger partial charge in [-0.2, -0.15) is 0 Å². The van der Waals surface area contributed by atoms with Gasteiger partial charge < -0.3 is 20.3 Å². The summed E-state index contributed by atoms with van der Waals surface area (Å²) in [6.45, 7) is 0. The van der Waals surface area contributed by atoms with Crippen LogP contribution in [-0.4, -0.2) is 56.1 Å². The summed E-state index contributed by atoms with van der Waals surface area (Å²) in [5, 5.41) is 24.0. The number of carboxylic acids is 2. The van der Waals surface area contributed by atoms with E-state index in [1.165, 1.54) is 30.8 Å². The van der Waals surface area contributed by atoms with Crippen molar-refractivity contribution in [2.75, 3.05) is 16.8 Å². The van der Waals surface area contributed by atoms with Crippen molar-refractivity contribution >= 4 is 125 Å². The van der Waals surface area contributed by atoms with Crippen LogP contribution in [0.2, 0.25) is 20.1 Å². The lowest BCUT2D eigenvalue weighted by Gasteiger charge is -2.13. The van der Waals surface area contributed by atoms with Crippen LogP contribution in [0.3, 0.4) is 0 Å². The molecule has 4 aromatic rings. The van der Waals surface area contributed by atoms with Crippen molar-refractivity contribution in [3.63, 3.8) is 0 Å². The molecule has 3 N–H and O–H groups in total. The smallest absolute Gasteiger partial charge is 0.317 e. The molecule has 0 spiro atoms.